The maximum Gasteiger partial charge on any atom is 1.00 e. The van der Waals surface area contributed by atoms with Gasteiger partial charge in [-0.25, -0.2) is 14.4 Å². The van der Waals surface area contributed by atoms with Gasteiger partial charge in [-0.05, 0) is 25.9 Å². The van der Waals surface area contributed by atoms with Crippen LogP contribution >= 0.6 is 7.82 Å². The number of halogens is 1. The van der Waals surface area contributed by atoms with E-state index < -0.39 is 91.3 Å². The standard InChI is InChI=1S/C23H26FN6O9P.2Na/c1-23(2)21(31)30(11-38-40(32,33)34)20-14(39-23)6-7-17(28-20)27-19-13(24)10-25-22(29-19)26-12-8-15(35-3)18(37-5)16(9-12)36-4;;/h6-10H,11H2,1-5H3,(H2,32,33,34)(H2,25,26,27,28,29);;/q;2*+1/p-2/i6D,7D,8D,9D,10D,11D2;;. The number of fused-ring (bicyclic) bond motifs is 1. The third-order valence-corrected chi connectivity index (χ3v) is 5.21. The van der Waals surface area contributed by atoms with E-state index in [9.17, 15) is 19.1 Å². The molecule has 0 saturated heterocycles. The van der Waals surface area contributed by atoms with Gasteiger partial charge in [-0.15, -0.1) is 0 Å². The summed E-state index contributed by atoms with van der Waals surface area (Å²) in [6.45, 7) is -1.45. The van der Waals surface area contributed by atoms with Crippen LogP contribution in [0.1, 0.15) is 23.4 Å². The van der Waals surface area contributed by atoms with Crippen molar-refractivity contribution >= 4 is 42.8 Å². The SMILES string of the molecule is [2H]c1nc(Nc2c([2H])c(OC)c(OC)c(OC)c2[2H])nc(Nc2nc3c(c([2H])c2[2H])OC(C)(C)C(=O)N3C([2H])([2H])OP(=O)([O-])[O-])c1F.[Na+].[Na+]. The van der Waals surface area contributed by atoms with E-state index in [-0.39, 0.29) is 87.0 Å². The number of carbonyl (C=O) groups is 1. The van der Waals surface area contributed by atoms with Gasteiger partial charge in [0, 0.05) is 17.8 Å². The number of benzene rings is 1. The fourth-order valence-corrected chi connectivity index (χ4v) is 3.37. The van der Waals surface area contributed by atoms with E-state index in [0.717, 1.165) is 13.8 Å². The summed E-state index contributed by atoms with van der Waals surface area (Å²) in [6, 6.07) is -2.53. The number of rotatable bonds is 10. The molecule has 2 N–H and O–H groups in total. The van der Waals surface area contributed by atoms with Gasteiger partial charge in [-0.2, -0.15) is 4.98 Å². The normalized spacial score (nSPS) is 16.2. The average molecular weight is 631 g/mol. The van der Waals surface area contributed by atoms with Crippen LogP contribution in [0.4, 0.5) is 33.5 Å². The van der Waals surface area contributed by atoms with Crippen molar-refractivity contribution in [2.45, 2.75) is 19.4 Å². The summed E-state index contributed by atoms with van der Waals surface area (Å²) in [4.78, 5) is 47.1. The number of ether oxygens (including phenoxy) is 4. The number of nitrogens with one attached hydrogen (secondary N) is 2. The Labute approximate surface area is 294 Å². The van der Waals surface area contributed by atoms with E-state index in [2.05, 4.69) is 30.1 Å². The number of phosphoric acid groups is 1. The van der Waals surface area contributed by atoms with Gasteiger partial charge >= 0.3 is 59.1 Å². The topological polar surface area (TPSA) is 192 Å². The van der Waals surface area contributed by atoms with Gasteiger partial charge < -0.3 is 48.5 Å². The molecule has 0 bridgehead atoms. The van der Waals surface area contributed by atoms with E-state index in [1.165, 1.54) is 21.3 Å². The van der Waals surface area contributed by atoms with E-state index in [0.29, 0.717) is 0 Å². The molecule has 3 heterocycles. The van der Waals surface area contributed by atoms with Gasteiger partial charge in [-0.1, -0.05) is 0 Å². The van der Waals surface area contributed by atoms with Crippen LogP contribution in [-0.2, 0) is 13.9 Å². The minimum atomic E-state index is -6.07. The van der Waals surface area contributed by atoms with Crippen LogP contribution < -0.4 is 103 Å². The van der Waals surface area contributed by atoms with Gasteiger partial charge in [0.15, 0.2) is 40.3 Å². The second kappa shape index (κ2) is 14.5. The maximum absolute atomic E-state index is 15.1. The number of phosphoric ester groups is 1. The van der Waals surface area contributed by atoms with Crippen molar-refractivity contribution in [2.75, 3.05) is 43.5 Å². The van der Waals surface area contributed by atoms with Crippen molar-refractivity contribution in [1.82, 2.24) is 15.0 Å². The molecule has 42 heavy (non-hydrogen) atoms. The molecule has 1 aliphatic rings. The van der Waals surface area contributed by atoms with Crippen molar-refractivity contribution in [3.63, 3.8) is 0 Å². The molecule has 0 atom stereocenters. The van der Waals surface area contributed by atoms with E-state index in [4.69, 9.17) is 28.5 Å². The average Bonchev–Trinajstić information content (AvgIpc) is 2.95. The zero-order valence-electron chi connectivity index (χ0n) is 30.3. The molecular weight excluding hydrogens is 600 g/mol. The molecular formula is C23H24FN6Na2O9P. The van der Waals surface area contributed by atoms with Crippen molar-refractivity contribution in [2.24, 2.45) is 0 Å². The Balaban J connectivity index is 0.00000417. The van der Waals surface area contributed by atoms with E-state index >= 15 is 4.39 Å². The number of aromatic nitrogens is 3. The molecule has 1 amide bonds. The van der Waals surface area contributed by atoms with E-state index in [1.54, 1.807) is 0 Å². The summed E-state index contributed by atoms with van der Waals surface area (Å²) in [5.74, 6) is -6.96. The minimum Gasteiger partial charge on any atom is -0.790 e. The molecule has 1 aliphatic heterocycles. The molecule has 0 spiro atoms. The number of amides is 1. The smallest absolute Gasteiger partial charge is 0.790 e. The Morgan fingerprint density at radius 1 is 1.12 bits per heavy atom. The van der Waals surface area contributed by atoms with E-state index in [1.807, 2.05) is 0 Å². The third-order valence-electron chi connectivity index (χ3n) is 4.91. The van der Waals surface area contributed by atoms with Crippen molar-refractivity contribution < 1.29 is 116 Å². The van der Waals surface area contributed by atoms with Gasteiger partial charge in [-0.3, -0.25) is 9.69 Å². The first-order valence-electron chi connectivity index (χ1n) is 14.3. The van der Waals surface area contributed by atoms with Crippen molar-refractivity contribution in [1.29, 1.82) is 0 Å². The summed E-state index contributed by atoms with van der Waals surface area (Å²) in [5.41, 5.74) is -2.29. The summed E-state index contributed by atoms with van der Waals surface area (Å²) in [6.07, 6.45) is -1.04. The second-order valence-corrected chi connectivity index (χ2v) is 9.12. The largest absolute Gasteiger partial charge is 1.00 e. The molecule has 3 aromatic rings. The first-order chi connectivity index (χ1) is 21.7. The van der Waals surface area contributed by atoms with Crippen LogP contribution in [-0.4, -0.2) is 54.5 Å². The Morgan fingerprint density at radius 3 is 2.33 bits per heavy atom. The van der Waals surface area contributed by atoms with Gasteiger partial charge in [0.05, 0.1) is 44.9 Å². The summed E-state index contributed by atoms with van der Waals surface area (Å²) >= 11 is 0. The summed E-state index contributed by atoms with van der Waals surface area (Å²) in [7, 11) is -2.36. The molecule has 0 radical (unpaired) electrons. The molecule has 0 saturated carbocycles. The number of carbonyl (C=O) groups excluding carboxylic acids is 1. The van der Waals surface area contributed by atoms with Crippen LogP contribution in [0, 0.1) is 5.82 Å². The molecule has 4 rings (SSSR count). The molecule has 15 nitrogen and oxygen atoms in total. The first-order valence-corrected chi connectivity index (χ1v) is 12.3. The van der Waals surface area contributed by atoms with Crippen molar-refractivity contribution in [3.05, 3.63) is 36.2 Å². The molecule has 2 aromatic heterocycles. The molecule has 0 unspecified atom stereocenters. The van der Waals surface area contributed by atoms with Crippen LogP contribution in [0.3, 0.4) is 0 Å². The van der Waals surface area contributed by atoms with Crippen LogP contribution in [0.25, 0.3) is 0 Å². The monoisotopic (exact) mass is 631 g/mol. The fourth-order valence-electron chi connectivity index (χ4n) is 3.19. The predicted molar refractivity (Wildman–Crippen MR) is 135 cm³/mol. The number of nitrogens with zero attached hydrogens (tertiary/aromatic N) is 4. The Kier molecular flexibility index (Phi) is 9.03. The summed E-state index contributed by atoms with van der Waals surface area (Å²) in [5, 5.41) is 4.75. The Hall–Kier alpha value is -2.24. The second-order valence-electron chi connectivity index (χ2n) is 8.04. The number of pyridine rings is 1. The molecule has 19 heteroatoms. The van der Waals surface area contributed by atoms with Crippen molar-refractivity contribution in [3.8, 4) is 23.0 Å². The third kappa shape index (κ3) is 8.23. The zero-order valence-corrected chi connectivity index (χ0v) is 28.2. The fraction of sp³-hybridized carbons (Fsp3) is 0.304. The van der Waals surface area contributed by atoms with Crippen LogP contribution in [0.15, 0.2) is 30.3 Å². The Bertz CT molecular complexity index is 1820. The molecule has 0 aliphatic carbocycles. The van der Waals surface area contributed by atoms with Crippen LogP contribution in [0.2, 0.25) is 0 Å². The summed E-state index contributed by atoms with van der Waals surface area (Å²) < 4.78 is 109. The molecule has 214 valence electrons. The molecule has 0 fully saturated rings. The van der Waals surface area contributed by atoms with Gasteiger partial charge in [0.1, 0.15) is 12.5 Å². The first kappa shape index (κ1) is 26.2. The number of hydrogen-bond acceptors (Lipinski definition) is 14. The maximum atomic E-state index is 15.1. The number of anilines is 5. The number of hydrogen-bond donors (Lipinski definition) is 2. The van der Waals surface area contributed by atoms with Gasteiger partial charge in [0.25, 0.3) is 5.91 Å². The number of methoxy groups -OCH3 is 3. The Morgan fingerprint density at radius 2 is 1.76 bits per heavy atom. The molecule has 1 aromatic carbocycles. The predicted octanol–water partition coefficient (Wildman–Crippen LogP) is -4.16. The van der Waals surface area contributed by atoms with Crippen LogP contribution in [0.5, 0.6) is 23.0 Å². The minimum absolute atomic E-state index is 0. The zero-order chi connectivity index (χ0) is 35.4. The van der Waals surface area contributed by atoms with Gasteiger partial charge in [0.2, 0.25) is 11.7 Å². The quantitative estimate of drug-likeness (QED) is 0.162.